The Balaban J connectivity index is 1.71. The van der Waals surface area contributed by atoms with Crippen LogP contribution in [0.1, 0.15) is 59.3 Å². The van der Waals surface area contributed by atoms with Crippen molar-refractivity contribution in [2.24, 2.45) is 0 Å². The Morgan fingerprint density at radius 3 is 2.48 bits per heavy atom. The Bertz CT molecular complexity index is 331. The highest BCUT2D eigenvalue weighted by molar-refractivity contribution is 5.80. The summed E-state index contributed by atoms with van der Waals surface area (Å²) >= 11 is 0. The van der Waals surface area contributed by atoms with Gasteiger partial charge in [-0.05, 0) is 33.1 Å². The Morgan fingerprint density at radius 1 is 1.29 bits per heavy atom. The minimum atomic E-state index is -0.395. The summed E-state index contributed by atoms with van der Waals surface area (Å²) in [6, 6.07) is 0.212. The van der Waals surface area contributed by atoms with Gasteiger partial charge in [0.2, 0.25) is 5.91 Å². The average molecular weight is 299 g/mol. The van der Waals surface area contributed by atoms with E-state index in [4.69, 9.17) is 14.2 Å². The standard InChI is InChI=1S/C16H29NO4/c1-4-5-12(2)17-15(18)13(3)21-14-6-8-16(9-7-14)19-10-11-20-16/h12-14H,4-11H2,1-3H3,(H,17,18). The number of carbonyl (C=O) groups excluding carboxylic acids is 1. The van der Waals surface area contributed by atoms with Gasteiger partial charge >= 0.3 is 0 Å². The highest BCUT2D eigenvalue weighted by atomic mass is 16.7. The second kappa shape index (κ2) is 7.56. The number of rotatable bonds is 6. The van der Waals surface area contributed by atoms with Gasteiger partial charge in [-0.15, -0.1) is 0 Å². The van der Waals surface area contributed by atoms with Crippen molar-refractivity contribution in [1.29, 1.82) is 0 Å². The summed E-state index contributed by atoms with van der Waals surface area (Å²) in [7, 11) is 0. The topological polar surface area (TPSA) is 56.8 Å². The second-order valence-electron chi connectivity index (χ2n) is 6.28. The van der Waals surface area contributed by atoms with E-state index in [1.54, 1.807) is 0 Å². The first-order chi connectivity index (χ1) is 10.0. The third kappa shape index (κ3) is 4.66. The number of nitrogens with one attached hydrogen (secondary N) is 1. The molecule has 5 nitrogen and oxygen atoms in total. The smallest absolute Gasteiger partial charge is 0.249 e. The predicted octanol–water partition coefficient (Wildman–Crippen LogP) is 2.38. The monoisotopic (exact) mass is 299 g/mol. The van der Waals surface area contributed by atoms with Crippen molar-refractivity contribution < 1.29 is 19.0 Å². The van der Waals surface area contributed by atoms with Gasteiger partial charge in [0.25, 0.3) is 0 Å². The average Bonchev–Trinajstić information content (AvgIpc) is 2.90. The minimum absolute atomic E-state index is 0.00963. The molecule has 21 heavy (non-hydrogen) atoms. The summed E-state index contributed by atoms with van der Waals surface area (Å²) in [6.45, 7) is 7.38. The zero-order valence-electron chi connectivity index (χ0n) is 13.5. The Labute approximate surface area is 127 Å². The first-order valence-corrected chi connectivity index (χ1v) is 8.28. The maximum absolute atomic E-state index is 12.1. The summed E-state index contributed by atoms with van der Waals surface area (Å²) in [5, 5.41) is 3.01. The molecule has 0 aromatic carbocycles. The number of amides is 1. The summed E-state index contributed by atoms with van der Waals surface area (Å²) < 4.78 is 17.3. The Kier molecular flexibility index (Phi) is 6.02. The van der Waals surface area contributed by atoms with Crippen molar-refractivity contribution in [3.05, 3.63) is 0 Å². The molecule has 2 fully saturated rings. The van der Waals surface area contributed by atoms with Gasteiger partial charge in [0.1, 0.15) is 6.10 Å². The molecule has 1 heterocycles. The number of hydrogen-bond donors (Lipinski definition) is 1. The highest BCUT2D eigenvalue weighted by Crippen LogP contribution is 2.36. The van der Waals surface area contributed by atoms with Crippen molar-refractivity contribution >= 4 is 5.91 Å². The Morgan fingerprint density at radius 2 is 1.90 bits per heavy atom. The van der Waals surface area contributed by atoms with Crippen LogP contribution in [-0.4, -0.2) is 43.2 Å². The van der Waals surface area contributed by atoms with E-state index in [2.05, 4.69) is 12.2 Å². The van der Waals surface area contributed by atoms with Crippen LogP contribution in [-0.2, 0) is 19.0 Å². The van der Waals surface area contributed by atoms with Gasteiger partial charge < -0.3 is 19.5 Å². The minimum Gasteiger partial charge on any atom is -0.365 e. The molecule has 1 saturated heterocycles. The normalized spacial score (nSPS) is 24.9. The number of hydrogen-bond acceptors (Lipinski definition) is 4. The molecule has 1 N–H and O–H groups in total. The van der Waals surface area contributed by atoms with Crippen molar-refractivity contribution in [2.45, 2.75) is 83.3 Å². The maximum Gasteiger partial charge on any atom is 0.249 e. The first kappa shape index (κ1) is 16.7. The van der Waals surface area contributed by atoms with Gasteiger partial charge in [-0.2, -0.15) is 0 Å². The molecule has 2 atom stereocenters. The van der Waals surface area contributed by atoms with Crippen LogP contribution in [0.5, 0.6) is 0 Å². The SMILES string of the molecule is CCCC(C)NC(=O)C(C)OC1CCC2(CC1)OCCO2. The lowest BCUT2D eigenvalue weighted by Crippen LogP contribution is -2.43. The molecular formula is C16H29NO4. The Hall–Kier alpha value is -0.650. The van der Waals surface area contributed by atoms with E-state index in [9.17, 15) is 4.79 Å². The molecule has 0 radical (unpaired) electrons. The quantitative estimate of drug-likeness (QED) is 0.818. The molecule has 122 valence electrons. The summed E-state index contributed by atoms with van der Waals surface area (Å²) in [5.41, 5.74) is 0. The fourth-order valence-corrected chi connectivity index (χ4v) is 3.17. The summed E-state index contributed by atoms with van der Waals surface area (Å²) in [5.74, 6) is -0.370. The van der Waals surface area contributed by atoms with Gasteiger partial charge in [0.15, 0.2) is 5.79 Å². The molecule has 0 aromatic rings. The number of carbonyl (C=O) groups is 1. The van der Waals surface area contributed by atoms with Gasteiger partial charge in [0.05, 0.1) is 19.3 Å². The molecule has 1 amide bonds. The maximum atomic E-state index is 12.1. The van der Waals surface area contributed by atoms with Crippen LogP contribution in [0.3, 0.4) is 0 Å². The summed E-state index contributed by atoms with van der Waals surface area (Å²) in [6.07, 6.45) is 5.31. The van der Waals surface area contributed by atoms with Gasteiger partial charge in [-0.3, -0.25) is 4.79 Å². The van der Waals surface area contributed by atoms with Gasteiger partial charge in [-0.25, -0.2) is 0 Å². The fraction of sp³-hybridized carbons (Fsp3) is 0.938. The van der Waals surface area contributed by atoms with Crippen LogP contribution in [0.2, 0.25) is 0 Å². The highest BCUT2D eigenvalue weighted by Gasteiger charge is 2.41. The van der Waals surface area contributed by atoms with E-state index in [1.165, 1.54) is 0 Å². The van der Waals surface area contributed by atoms with Crippen molar-refractivity contribution in [1.82, 2.24) is 5.32 Å². The fourth-order valence-electron chi connectivity index (χ4n) is 3.17. The third-order valence-electron chi connectivity index (χ3n) is 4.38. The van der Waals surface area contributed by atoms with E-state index in [-0.39, 0.29) is 23.8 Å². The van der Waals surface area contributed by atoms with Crippen LogP contribution >= 0.6 is 0 Å². The molecular weight excluding hydrogens is 270 g/mol. The molecule has 2 unspecified atom stereocenters. The zero-order chi connectivity index (χ0) is 15.3. The van der Waals surface area contributed by atoms with E-state index in [0.29, 0.717) is 13.2 Å². The summed E-state index contributed by atoms with van der Waals surface area (Å²) in [4.78, 5) is 12.1. The van der Waals surface area contributed by atoms with Crippen LogP contribution in [0.25, 0.3) is 0 Å². The molecule has 0 aromatic heterocycles. The molecule has 1 saturated carbocycles. The van der Waals surface area contributed by atoms with E-state index >= 15 is 0 Å². The molecule has 0 bridgehead atoms. The lowest BCUT2D eigenvalue weighted by atomic mass is 9.91. The third-order valence-corrected chi connectivity index (χ3v) is 4.38. The predicted molar refractivity (Wildman–Crippen MR) is 80.0 cm³/mol. The van der Waals surface area contributed by atoms with E-state index < -0.39 is 6.10 Å². The van der Waals surface area contributed by atoms with Crippen LogP contribution in [0, 0.1) is 0 Å². The van der Waals surface area contributed by atoms with Crippen molar-refractivity contribution in [3.8, 4) is 0 Å². The van der Waals surface area contributed by atoms with Crippen LogP contribution in [0.15, 0.2) is 0 Å². The molecule has 2 aliphatic rings. The van der Waals surface area contributed by atoms with Crippen LogP contribution in [0.4, 0.5) is 0 Å². The van der Waals surface area contributed by atoms with Crippen LogP contribution < -0.4 is 5.32 Å². The van der Waals surface area contributed by atoms with Gasteiger partial charge in [0, 0.05) is 18.9 Å². The second-order valence-corrected chi connectivity index (χ2v) is 6.28. The van der Waals surface area contributed by atoms with Crippen molar-refractivity contribution in [3.63, 3.8) is 0 Å². The van der Waals surface area contributed by atoms with Crippen molar-refractivity contribution in [2.75, 3.05) is 13.2 Å². The van der Waals surface area contributed by atoms with Gasteiger partial charge in [-0.1, -0.05) is 13.3 Å². The molecule has 2 rings (SSSR count). The molecule has 1 spiro atoms. The molecule has 1 aliphatic carbocycles. The molecule has 5 heteroatoms. The first-order valence-electron chi connectivity index (χ1n) is 8.28. The van der Waals surface area contributed by atoms with E-state index in [0.717, 1.165) is 38.5 Å². The zero-order valence-corrected chi connectivity index (χ0v) is 13.5. The lowest BCUT2D eigenvalue weighted by molar-refractivity contribution is -0.195. The molecule has 1 aliphatic heterocycles. The van der Waals surface area contributed by atoms with E-state index in [1.807, 2.05) is 13.8 Å². The number of ether oxygens (including phenoxy) is 3. The lowest BCUT2D eigenvalue weighted by Gasteiger charge is -2.36. The largest absolute Gasteiger partial charge is 0.365 e.